The van der Waals surface area contributed by atoms with Gasteiger partial charge in [-0.2, -0.15) is 0 Å². The predicted octanol–water partition coefficient (Wildman–Crippen LogP) is 4.00. The topological polar surface area (TPSA) is 127 Å². The standard InChI is InChI=1S/C25H38N2O6S2/c1-14(2)11-12-18(28)33-35-22-20(23(26)29)19(25(31)32)21(22)24(30)27(34)17-10-6-9-16(13-17)15-7-4-3-5-8-15/h11-12,14-17,19-22,34H,3-10,13H2,1-2H3,(H2,26,29)(H,31,32)/b12-11+. The number of allylic oxidation sites excluding steroid dienone is 1. The number of hydrogen-bond acceptors (Lipinski definition) is 7. The fraction of sp³-hybridized carbons (Fsp3) is 0.760. The number of carbonyl (C=O) groups is 4. The lowest BCUT2D eigenvalue weighted by atomic mass is 9.63. The van der Waals surface area contributed by atoms with E-state index in [1.165, 1.54) is 42.5 Å². The van der Waals surface area contributed by atoms with E-state index in [9.17, 15) is 24.3 Å². The summed E-state index contributed by atoms with van der Waals surface area (Å²) < 4.78 is 6.59. The fourth-order valence-corrected chi connectivity index (χ4v) is 7.39. The van der Waals surface area contributed by atoms with Crippen molar-refractivity contribution in [3.63, 3.8) is 0 Å². The zero-order chi connectivity index (χ0) is 25.7. The smallest absolute Gasteiger partial charge is 0.342 e. The van der Waals surface area contributed by atoms with E-state index < -0.39 is 46.8 Å². The molecule has 35 heavy (non-hydrogen) atoms. The maximum atomic E-state index is 13.5. The molecule has 3 rings (SSSR count). The van der Waals surface area contributed by atoms with Crippen LogP contribution in [0.2, 0.25) is 0 Å². The van der Waals surface area contributed by atoms with Gasteiger partial charge in [0.05, 0.1) is 35.0 Å². The van der Waals surface area contributed by atoms with Gasteiger partial charge >= 0.3 is 11.9 Å². The molecule has 3 aliphatic carbocycles. The molecule has 0 aromatic rings. The minimum Gasteiger partial charge on any atom is -0.481 e. The van der Waals surface area contributed by atoms with Crippen LogP contribution in [0, 0.1) is 35.5 Å². The molecule has 0 heterocycles. The van der Waals surface area contributed by atoms with Crippen LogP contribution < -0.4 is 5.73 Å². The number of carboxylic acids is 1. The van der Waals surface area contributed by atoms with Crippen LogP contribution in [-0.2, 0) is 23.4 Å². The Morgan fingerprint density at radius 1 is 1.00 bits per heavy atom. The Kier molecular flexibility index (Phi) is 9.98. The molecule has 8 nitrogen and oxygen atoms in total. The molecule has 0 saturated heterocycles. The van der Waals surface area contributed by atoms with Gasteiger partial charge < -0.3 is 15.0 Å². The van der Waals surface area contributed by atoms with Gasteiger partial charge in [-0.1, -0.05) is 77.7 Å². The largest absolute Gasteiger partial charge is 0.481 e. The van der Waals surface area contributed by atoms with Gasteiger partial charge in [0.1, 0.15) is 0 Å². The van der Waals surface area contributed by atoms with Crippen molar-refractivity contribution in [3.05, 3.63) is 12.2 Å². The third-order valence-electron chi connectivity index (χ3n) is 7.81. The maximum Gasteiger partial charge on any atom is 0.342 e. The molecule has 10 heteroatoms. The number of nitrogens with two attached hydrogens (primary N) is 1. The van der Waals surface area contributed by atoms with Crippen molar-refractivity contribution < 1.29 is 28.5 Å². The van der Waals surface area contributed by atoms with Crippen molar-refractivity contribution in [3.8, 4) is 0 Å². The van der Waals surface area contributed by atoms with E-state index in [2.05, 4.69) is 12.8 Å². The van der Waals surface area contributed by atoms with Gasteiger partial charge in [-0.25, -0.2) is 4.79 Å². The molecule has 0 radical (unpaired) electrons. The first-order valence-electron chi connectivity index (χ1n) is 12.7. The van der Waals surface area contributed by atoms with Crippen molar-refractivity contribution >= 4 is 48.6 Å². The molecule has 0 aromatic heterocycles. The van der Waals surface area contributed by atoms with Crippen molar-refractivity contribution in [2.45, 2.75) is 82.9 Å². The van der Waals surface area contributed by atoms with E-state index in [0.29, 0.717) is 23.9 Å². The molecule has 0 bridgehead atoms. The summed E-state index contributed by atoms with van der Waals surface area (Å²) >= 11 is 5.20. The van der Waals surface area contributed by atoms with E-state index in [-0.39, 0.29) is 12.0 Å². The Morgan fingerprint density at radius 3 is 2.26 bits per heavy atom. The summed E-state index contributed by atoms with van der Waals surface area (Å²) in [5.74, 6) is -5.23. The number of carbonyl (C=O) groups excluding carboxylic acids is 3. The molecular formula is C25H38N2O6S2. The number of rotatable bonds is 9. The van der Waals surface area contributed by atoms with Crippen LogP contribution in [-0.4, -0.2) is 44.5 Å². The molecule has 3 N–H and O–H groups in total. The van der Waals surface area contributed by atoms with Crippen molar-refractivity contribution in [1.82, 2.24) is 4.31 Å². The number of carboxylic acid groups (broad SMARTS) is 1. The van der Waals surface area contributed by atoms with Gasteiger partial charge in [-0.05, 0) is 30.6 Å². The minimum absolute atomic E-state index is 0.0873. The number of primary amides is 1. The quantitative estimate of drug-likeness (QED) is 0.235. The highest BCUT2D eigenvalue weighted by atomic mass is 32.2. The third-order valence-corrected chi connectivity index (χ3v) is 9.41. The number of thiol groups is 1. The van der Waals surface area contributed by atoms with Gasteiger partial charge in [0, 0.05) is 12.1 Å². The second-order valence-corrected chi connectivity index (χ2v) is 11.9. The van der Waals surface area contributed by atoms with Crippen LogP contribution in [0.15, 0.2) is 12.2 Å². The molecule has 6 atom stereocenters. The van der Waals surface area contributed by atoms with Gasteiger partial charge in [0.15, 0.2) is 0 Å². The van der Waals surface area contributed by atoms with Crippen LogP contribution >= 0.6 is 24.9 Å². The molecule has 6 unspecified atom stereocenters. The molecule has 0 spiro atoms. The molecule has 2 amide bonds. The lowest BCUT2D eigenvalue weighted by Gasteiger charge is -2.48. The molecule has 0 aromatic carbocycles. The lowest BCUT2D eigenvalue weighted by molar-refractivity contribution is -0.163. The zero-order valence-corrected chi connectivity index (χ0v) is 22.2. The molecule has 0 aliphatic heterocycles. The summed E-state index contributed by atoms with van der Waals surface area (Å²) in [6, 6.07) is -0.0873. The summed E-state index contributed by atoms with van der Waals surface area (Å²) in [6.45, 7) is 3.81. The summed E-state index contributed by atoms with van der Waals surface area (Å²) in [7, 11) is 0. The molecule has 196 valence electrons. The molecule has 3 fully saturated rings. The fourth-order valence-electron chi connectivity index (χ4n) is 5.96. The Labute approximate surface area is 217 Å². The van der Waals surface area contributed by atoms with E-state index in [1.807, 2.05) is 13.8 Å². The number of nitrogens with zero attached hydrogens (tertiary/aromatic N) is 1. The van der Waals surface area contributed by atoms with Gasteiger partial charge in [-0.3, -0.25) is 18.7 Å². The van der Waals surface area contributed by atoms with E-state index >= 15 is 0 Å². The van der Waals surface area contributed by atoms with E-state index in [1.54, 1.807) is 6.08 Å². The highest BCUT2D eigenvalue weighted by Crippen LogP contribution is 2.50. The summed E-state index contributed by atoms with van der Waals surface area (Å²) in [4.78, 5) is 49.7. The number of aliphatic carboxylic acids is 1. The monoisotopic (exact) mass is 526 g/mol. The molecule has 3 saturated carbocycles. The highest BCUT2D eigenvalue weighted by molar-refractivity contribution is 7.95. The average molecular weight is 527 g/mol. The second-order valence-electron chi connectivity index (χ2n) is 10.5. The Balaban J connectivity index is 1.71. The Morgan fingerprint density at radius 2 is 1.66 bits per heavy atom. The van der Waals surface area contributed by atoms with Gasteiger partial charge in [0.2, 0.25) is 11.8 Å². The van der Waals surface area contributed by atoms with Crippen LogP contribution in [0.3, 0.4) is 0 Å². The first-order valence-corrected chi connectivity index (χ1v) is 13.9. The molecular weight excluding hydrogens is 488 g/mol. The first kappa shape index (κ1) is 27.9. The average Bonchev–Trinajstić information content (AvgIpc) is 2.81. The Bertz CT molecular complexity index is 829. The maximum absolute atomic E-state index is 13.5. The van der Waals surface area contributed by atoms with Crippen LogP contribution in [0.5, 0.6) is 0 Å². The van der Waals surface area contributed by atoms with Crippen LogP contribution in [0.4, 0.5) is 0 Å². The van der Waals surface area contributed by atoms with Gasteiger partial charge in [-0.15, -0.1) is 0 Å². The van der Waals surface area contributed by atoms with Crippen LogP contribution in [0.1, 0.15) is 71.6 Å². The molecule has 3 aliphatic rings. The van der Waals surface area contributed by atoms with Crippen molar-refractivity contribution in [2.24, 2.45) is 41.2 Å². The summed E-state index contributed by atoms with van der Waals surface area (Å²) in [5, 5.41) is 8.91. The number of hydrogen-bond donors (Lipinski definition) is 3. The zero-order valence-electron chi connectivity index (χ0n) is 20.5. The Hall–Kier alpha value is -1.68. The minimum atomic E-state index is -1.27. The highest BCUT2D eigenvalue weighted by Gasteiger charge is 2.62. The lowest BCUT2D eigenvalue weighted by Crippen LogP contribution is -2.63. The second kappa shape index (κ2) is 12.5. The normalized spacial score (nSPS) is 31.7. The third kappa shape index (κ3) is 6.76. The summed E-state index contributed by atoms with van der Waals surface area (Å²) in [5.41, 5.74) is 5.49. The van der Waals surface area contributed by atoms with Crippen LogP contribution in [0.25, 0.3) is 0 Å². The number of amides is 2. The van der Waals surface area contributed by atoms with E-state index in [0.717, 1.165) is 25.7 Å². The van der Waals surface area contributed by atoms with Gasteiger partial charge in [0.25, 0.3) is 0 Å². The SMILES string of the molecule is CC(C)/C=C/C(=O)OSC1C(C(N)=O)C(C(=O)O)C1C(=O)N(S)C1CCCC(C2CCCCC2)C1. The van der Waals surface area contributed by atoms with Crippen molar-refractivity contribution in [1.29, 1.82) is 0 Å². The van der Waals surface area contributed by atoms with Crippen molar-refractivity contribution in [2.75, 3.05) is 0 Å². The van der Waals surface area contributed by atoms with E-state index in [4.69, 9.17) is 9.92 Å². The first-order chi connectivity index (χ1) is 16.6. The predicted molar refractivity (Wildman–Crippen MR) is 137 cm³/mol. The summed E-state index contributed by atoms with van der Waals surface area (Å²) in [6.07, 6.45) is 13.1.